The Hall–Kier alpha value is -0.310. The first-order valence-electron chi connectivity index (χ1n) is 5.41. The second-order valence-electron chi connectivity index (χ2n) is 4.00. The minimum atomic E-state index is -0.183. The molecule has 0 N–H and O–H groups in total. The van der Waals surface area contributed by atoms with Crippen LogP contribution in [0.2, 0.25) is 0 Å². The molecular formula is C12H21BrO2. The van der Waals surface area contributed by atoms with Crippen LogP contribution >= 0.6 is 15.9 Å². The number of hydrogen-bond acceptors (Lipinski definition) is 2. The molecule has 0 aromatic heterocycles. The van der Waals surface area contributed by atoms with Gasteiger partial charge in [-0.05, 0) is 32.1 Å². The van der Waals surface area contributed by atoms with Crippen LogP contribution in [0.1, 0.15) is 40.0 Å². The summed E-state index contributed by atoms with van der Waals surface area (Å²) in [5.41, 5.74) is 1.38. The monoisotopic (exact) mass is 276 g/mol. The van der Waals surface area contributed by atoms with Gasteiger partial charge in [-0.25, -0.2) is 0 Å². The van der Waals surface area contributed by atoms with E-state index in [0.717, 1.165) is 24.6 Å². The standard InChI is InChI=1S/C12H21BrO2/c1-10(7-8-15-12(3)14)5-4-6-11(2)9-13/h6,10H,4-5,7-9H2,1-3H3/b11-6-. The number of allylic oxidation sites excluding steroid dienone is 2. The summed E-state index contributed by atoms with van der Waals surface area (Å²) in [5, 5.41) is 0.953. The minimum Gasteiger partial charge on any atom is -0.466 e. The van der Waals surface area contributed by atoms with Crippen LogP contribution in [0, 0.1) is 5.92 Å². The van der Waals surface area contributed by atoms with Gasteiger partial charge in [0.15, 0.2) is 0 Å². The van der Waals surface area contributed by atoms with Crippen LogP contribution in [-0.4, -0.2) is 17.9 Å². The van der Waals surface area contributed by atoms with Crippen molar-refractivity contribution in [2.24, 2.45) is 5.92 Å². The Morgan fingerprint density at radius 1 is 1.40 bits per heavy atom. The molecule has 1 atom stereocenters. The van der Waals surface area contributed by atoms with Gasteiger partial charge < -0.3 is 4.74 Å². The molecule has 1 unspecified atom stereocenters. The second kappa shape index (κ2) is 8.96. The molecule has 0 bridgehead atoms. The van der Waals surface area contributed by atoms with Crippen molar-refractivity contribution in [3.63, 3.8) is 0 Å². The van der Waals surface area contributed by atoms with Crippen LogP contribution < -0.4 is 0 Å². The maximum atomic E-state index is 10.5. The third kappa shape index (κ3) is 9.98. The lowest BCUT2D eigenvalue weighted by atomic mass is 10.0. The Labute approximate surface area is 101 Å². The van der Waals surface area contributed by atoms with Crippen LogP contribution in [-0.2, 0) is 9.53 Å². The molecule has 0 rings (SSSR count). The fraction of sp³-hybridized carbons (Fsp3) is 0.750. The molecule has 0 heterocycles. The van der Waals surface area contributed by atoms with E-state index in [2.05, 4.69) is 35.9 Å². The molecule has 0 aromatic rings. The lowest BCUT2D eigenvalue weighted by molar-refractivity contribution is -0.141. The minimum absolute atomic E-state index is 0.183. The summed E-state index contributed by atoms with van der Waals surface area (Å²) in [7, 11) is 0. The van der Waals surface area contributed by atoms with Crippen molar-refractivity contribution >= 4 is 21.9 Å². The molecule has 0 fully saturated rings. The Kier molecular flexibility index (Phi) is 8.77. The van der Waals surface area contributed by atoms with E-state index in [9.17, 15) is 4.79 Å². The average Bonchev–Trinajstić information content (AvgIpc) is 2.17. The number of esters is 1. The summed E-state index contributed by atoms with van der Waals surface area (Å²) in [6.07, 6.45) is 5.49. The van der Waals surface area contributed by atoms with Crippen LogP contribution in [0.4, 0.5) is 0 Å². The van der Waals surface area contributed by atoms with Crippen molar-refractivity contribution in [1.82, 2.24) is 0 Å². The van der Waals surface area contributed by atoms with Gasteiger partial charge in [-0.15, -0.1) is 0 Å². The third-order valence-electron chi connectivity index (χ3n) is 2.28. The van der Waals surface area contributed by atoms with E-state index in [1.54, 1.807) is 0 Å². The summed E-state index contributed by atoms with van der Waals surface area (Å²) in [5.74, 6) is 0.431. The molecule has 15 heavy (non-hydrogen) atoms. The van der Waals surface area contributed by atoms with Crippen molar-refractivity contribution < 1.29 is 9.53 Å². The number of alkyl halides is 1. The van der Waals surface area contributed by atoms with Gasteiger partial charge >= 0.3 is 5.97 Å². The normalized spacial score (nSPS) is 13.7. The van der Waals surface area contributed by atoms with Crippen molar-refractivity contribution in [3.05, 3.63) is 11.6 Å². The summed E-state index contributed by atoms with van der Waals surface area (Å²) >= 11 is 3.41. The molecule has 0 aliphatic heterocycles. The fourth-order valence-corrected chi connectivity index (χ4v) is 1.45. The van der Waals surface area contributed by atoms with E-state index < -0.39 is 0 Å². The van der Waals surface area contributed by atoms with Crippen LogP contribution in [0.25, 0.3) is 0 Å². The average molecular weight is 277 g/mol. The molecule has 0 radical (unpaired) electrons. The highest BCUT2D eigenvalue weighted by atomic mass is 79.9. The third-order valence-corrected chi connectivity index (χ3v) is 3.16. The highest BCUT2D eigenvalue weighted by molar-refractivity contribution is 9.09. The fourth-order valence-electron chi connectivity index (χ4n) is 1.22. The highest BCUT2D eigenvalue weighted by Gasteiger charge is 2.02. The summed E-state index contributed by atoms with van der Waals surface area (Å²) in [6, 6.07) is 0. The van der Waals surface area contributed by atoms with Gasteiger partial charge in [0.05, 0.1) is 6.61 Å². The van der Waals surface area contributed by atoms with E-state index >= 15 is 0 Å². The Morgan fingerprint density at radius 2 is 2.07 bits per heavy atom. The number of halogens is 1. The Morgan fingerprint density at radius 3 is 2.60 bits per heavy atom. The molecule has 0 aromatic carbocycles. The van der Waals surface area contributed by atoms with E-state index in [4.69, 9.17) is 4.74 Å². The number of rotatable bonds is 7. The van der Waals surface area contributed by atoms with E-state index in [0.29, 0.717) is 12.5 Å². The zero-order chi connectivity index (χ0) is 11.7. The summed E-state index contributed by atoms with van der Waals surface area (Å²) < 4.78 is 4.90. The molecular weight excluding hydrogens is 256 g/mol. The van der Waals surface area contributed by atoms with Crippen molar-refractivity contribution in [2.75, 3.05) is 11.9 Å². The summed E-state index contributed by atoms with van der Waals surface area (Å²) in [6.45, 7) is 6.32. The number of carbonyl (C=O) groups is 1. The number of carbonyl (C=O) groups excluding carboxylic acids is 1. The zero-order valence-corrected chi connectivity index (χ0v) is 11.5. The molecule has 0 spiro atoms. The maximum Gasteiger partial charge on any atom is 0.302 e. The lowest BCUT2D eigenvalue weighted by Gasteiger charge is -2.09. The van der Waals surface area contributed by atoms with Gasteiger partial charge in [-0.2, -0.15) is 0 Å². The number of ether oxygens (including phenoxy) is 1. The second-order valence-corrected chi connectivity index (χ2v) is 4.56. The first-order valence-corrected chi connectivity index (χ1v) is 6.53. The first-order chi connectivity index (χ1) is 7.06. The molecule has 0 aliphatic carbocycles. The SMILES string of the molecule is CC(=O)OCCC(C)CC/C=C(/C)CBr. The smallest absolute Gasteiger partial charge is 0.302 e. The summed E-state index contributed by atoms with van der Waals surface area (Å²) in [4.78, 5) is 10.5. The largest absolute Gasteiger partial charge is 0.466 e. The number of hydrogen-bond donors (Lipinski definition) is 0. The van der Waals surface area contributed by atoms with Crippen LogP contribution in [0.3, 0.4) is 0 Å². The van der Waals surface area contributed by atoms with Crippen molar-refractivity contribution in [3.8, 4) is 0 Å². The highest BCUT2D eigenvalue weighted by Crippen LogP contribution is 2.12. The lowest BCUT2D eigenvalue weighted by Crippen LogP contribution is -2.05. The van der Waals surface area contributed by atoms with E-state index in [1.807, 2.05) is 0 Å². The van der Waals surface area contributed by atoms with Crippen molar-refractivity contribution in [1.29, 1.82) is 0 Å². The molecule has 0 amide bonds. The Bertz CT molecular complexity index is 212. The quantitative estimate of drug-likeness (QED) is 0.403. The van der Waals surface area contributed by atoms with Gasteiger partial charge in [-0.1, -0.05) is 34.5 Å². The molecule has 3 heteroatoms. The molecule has 2 nitrogen and oxygen atoms in total. The molecule has 0 saturated carbocycles. The van der Waals surface area contributed by atoms with Crippen LogP contribution in [0.15, 0.2) is 11.6 Å². The maximum absolute atomic E-state index is 10.5. The van der Waals surface area contributed by atoms with Gasteiger partial charge in [-0.3, -0.25) is 4.79 Å². The first kappa shape index (κ1) is 14.7. The topological polar surface area (TPSA) is 26.3 Å². The van der Waals surface area contributed by atoms with E-state index in [-0.39, 0.29) is 5.97 Å². The molecule has 0 saturated heterocycles. The van der Waals surface area contributed by atoms with E-state index in [1.165, 1.54) is 12.5 Å². The Balaban J connectivity index is 3.49. The van der Waals surface area contributed by atoms with Gasteiger partial charge in [0, 0.05) is 12.3 Å². The van der Waals surface area contributed by atoms with Crippen LogP contribution in [0.5, 0.6) is 0 Å². The molecule has 0 aliphatic rings. The predicted octanol–water partition coefficient (Wildman–Crippen LogP) is 3.70. The van der Waals surface area contributed by atoms with Gasteiger partial charge in [0.2, 0.25) is 0 Å². The predicted molar refractivity (Wildman–Crippen MR) is 67.2 cm³/mol. The van der Waals surface area contributed by atoms with Crippen molar-refractivity contribution in [2.45, 2.75) is 40.0 Å². The van der Waals surface area contributed by atoms with Gasteiger partial charge in [0.1, 0.15) is 0 Å². The van der Waals surface area contributed by atoms with Gasteiger partial charge in [0.25, 0.3) is 0 Å². The molecule has 88 valence electrons. The zero-order valence-electron chi connectivity index (χ0n) is 9.88.